The molecular weight excluding hydrogens is 374 g/mol. The van der Waals surface area contributed by atoms with Crippen LogP contribution in [0.1, 0.15) is 11.1 Å². The number of ether oxygens (including phenoxy) is 2. The van der Waals surface area contributed by atoms with Crippen LogP contribution < -0.4 is 14.8 Å². The average Bonchev–Trinajstić information content (AvgIpc) is 2.72. The summed E-state index contributed by atoms with van der Waals surface area (Å²) in [5.41, 5.74) is 2.61. The molecule has 0 saturated carbocycles. The van der Waals surface area contributed by atoms with Crippen LogP contribution in [-0.4, -0.2) is 13.0 Å². The number of benzene rings is 3. The lowest BCUT2D eigenvalue weighted by molar-refractivity contribution is -0.111. The first-order valence-corrected chi connectivity index (χ1v) is 9.11. The van der Waals surface area contributed by atoms with Gasteiger partial charge in [-0.2, -0.15) is 0 Å². The fourth-order valence-corrected chi connectivity index (χ4v) is 2.77. The number of rotatable bonds is 7. The van der Waals surface area contributed by atoms with Crippen LogP contribution in [-0.2, 0) is 11.4 Å². The minimum atomic E-state index is -0.245. The Bertz CT molecular complexity index is 953. The summed E-state index contributed by atoms with van der Waals surface area (Å²) in [5, 5.41) is 3.20. The van der Waals surface area contributed by atoms with Gasteiger partial charge in [0.15, 0.2) is 0 Å². The summed E-state index contributed by atoms with van der Waals surface area (Å²) in [6.45, 7) is 0.517. The van der Waals surface area contributed by atoms with E-state index in [1.807, 2.05) is 54.6 Å². The minimum absolute atomic E-state index is 0.245. The molecular formula is C23H20ClNO3. The van der Waals surface area contributed by atoms with Crippen LogP contribution in [0.5, 0.6) is 11.5 Å². The molecule has 0 heterocycles. The summed E-state index contributed by atoms with van der Waals surface area (Å²) in [4.78, 5) is 12.1. The van der Waals surface area contributed by atoms with Gasteiger partial charge in [0, 0.05) is 11.8 Å². The SMILES string of the molecule is COc1ccc(NC(=O)C=Cc2ccc(OCc3ccccc3)cc2)cc1Cl. The van der Waals surface area contributed by atoms with Gasteiger partial charge in [-0.1, -0.05) is 54.1 Å². The normalized spacial score (nSPS) is 10.6. The van der Waals surface area contributed by atoms with Crippen molar-refractivity contribution in [1.29, 1.82) is 0 Å². The first kappa shape index (κ1) is 19.5. The van der Waals surface area contributed by atoms with Crippen molar-refractivity contribution < 1.29 is 14.3 Å². The lowest BCUT2D eigenvalue weighted by Gasteiger charge is -2.07. The third-order valence-corrected chi connectivity index (χ3v) is 4.27. The van der Waals surface area contributed by atoms with E-state index in [1.54, 1.807) is 31.4 Å². The van der Waals surface area contributed by atoms with E-state index in [-0.39, 0.29) is 5.91 Å². The van der Waals surface area contributed by atoms with Crippen LogP contribution in [0.25, 0.3) is 6.08 Å². The van der Waals surface area contributed by atoms with Crippen molar-refractivity contribution in [3.05, 3.63) is 95.0 Å². The highest BCUT2D eigenvalue weighted by molar-refractivity contribution is 6.32. The quantitative estimate of drug-likeness (QED) is 0.533. The average molecular weight is 394 g/mol. The van der Waals surface area contributed by atoms with E-state index < -0.39 is 0 Å². The Labute approximate surface area is 169 Å². The number of hydrogen-bond donors (Lipinski definition) is 1. The van der Waals surface area contributed by atoms with Gasteiger partial charge < -0.3 is 14.8 Å². The van der Waals surface area contributed by atoms with Crippen LogP contribution >= 0.6 is 11.6 Å². The predicted octanol–water partition coefficient (Wildman–Crippen LogP) is 5.58. The Morgan fingerprint density at radius 2 is 1.79 bits per heavy atom. The Morgan fingerprint density at radius 3 is 2.46 bits per heavy atom. The molecule has 5 heteroatoms. The van der Waals surface area contributed by atoms with Crippen LogP contribution in [0.15, 0.2) is 78.9 Å². The number of carbonyl (C=O) groups is 1. The molecule has 3 aromatic carbocycles. The Balaban J connectivity index is 1.53. The number of anilines is 1. The second-order valence-electron chi connectivity index (χ2n) is 6.02. The van der Waals surface area contributed by atoms with Crippen molar-refractivity contribution in [2.45, 2.75) is 6.61 Å². The Hall–Kier alpha value is -3.24. The summed E-state index contributed by atoms with van der Waals surface area (Å²) < 4.78 is 10.8. The molecule has 0 atom stereocenters. The van der Waals surface area contributed by atoms with Gasteiger partial charge in [-0.3, -0.25) is 4.79 Å². The maximum Gasteiger partial charge on any atom is 0.248 e. The zero-order valence-corrected chi connectivity index (χ0v) is 16.1. The van der Waals surface area contributed by atoms with Gasteiger partial charge in [0.1, 0.15) is 18.1 Å². The maximum atomic E-state index is 12.1. The standard InChI is InChI=1S/C23H20ClNO3/c1-27-22-13-10-19(15-21(22)24)25-23(26)14-9-17-7-11-20(12-8-17)28-16-18-5-3-2-4-6-18/h2-15H,16H2,1H3,(H,25,26). The highest BCUT2D eigenvalue weighted by Gasteiger charge is 2.04. The van der Waals surface area contributed by atoms with Gasteiger partial charge in [0.2, 0.25) is 5.91 Å². The third-order valence-electron chi connectivity index (χ3n) is 3.97. The van der Waals surface area contributed by atoms with Crippen LogP contribution in [0, 0.1) is 0 Å². The van der Waals surface area contributed by atoms with E-state index in [0.29, 0.717) is 23.1 Å². The predicted molar refractivity (Wildman–Crippen MR) is 113 cm³/mol. The summed E-state index contributed by atoms with van der Waals surface area (Å²) in [6, 6.07) is 22.6. The monoisotopic (exact) mass is 393 g/mol. The Morgan fingerprint density at radius 1 is 1.04 bits per heavy atom. The largest absolute Gasteiger partial charge is 0.495 e. The molecule has 3 rings (SSSR count). The molecule has 4 nitrogen and oxygen atoms in total. The lowest BCUT2D eigenvalue weighted by Crippen LogP contribution is -2.07. The molecule has 0 spiro atoms. The fraction of sp³-hybridized carbons (Fsp3) is 0.0870. The second-order valence-corrected chi connectivity index (χ2v) is 6.42. The molecule has 0 aliphatic rings. The Kier molecular flexibility index (Phi) is 6.71. The summed E-state index contributed by atoms with van der Waals surface area (Å²) >= 11 is 6.06. The molecule has 0 radical (unpaired) electrons. The molecule has 28 heavy (non-hydrogen) atoms. The molecule has 0 fully saturated rings. The van der Waals surface area contributed by atoms with Crippen molar-refractivity contribution in [2.24, 2.45) is 0 Å². The van der Waals surface area contributed by atoms with Crippen LogP contribution in [0.4, 0.5) is 5.69 Å². The van der Waals surface area contributed by atoms with E-state index >= 15 is 0 Å². The molecule has 0 bridgehead atoms. The zero-order chi connectivity index (χ0) is 19.8. The van der Waals surface area contributed by atoms with Crippen molar-refractivity contribution in [2.75, 3.05) is 12.4 Å². The molecule has 1 amide bonds. The van der Waals surface area contributed by atoms with E-state index in [2.05, 4.69) is 5.32 Å². The molecule has 0 saturated heterocycles. The van der Waals surface area contributed by atoms with Gasteiger partial charge in [0.25, 0.3) is 0 Å². The summed E-state index contributed by atoms with van der Waals surface area (Å²) in [7, 11) is 1.54. The number of nitrogens with one attached hydrogen (secondary N) is 1. The van der Waals surface area contributed by atoms with Gasteiger partial charge in [-0.05, 0) is 47.5 Å². The molecule has 0 aliphatic carbocycles. The molecule has 1 N–H and O–H groups in total. The summed E-state index contributed by atoms with van der Waals surface area (Å²) in [6.07, 6.45) is 3.21. The van der Waals surface area contributed by atoms with Gasteiger partial charge in [0.05, 0.1) is 12.1 Å². The number of amides is 1. The number of halogens is 1. The number of methoxy groups -OCH3 is 1. The highest BCUT2D eigenvalue weighted by Crippen LogP contribution is 2.27. The molecule has 0 unspecified atom stereocenters. The molecule has 142 valence electrons. The van der Waals surface area contributed by atoms with Crippen LogP contribution in [0.3, 0.4) is 0 Å². The second kappa shape index (κ2) is 9.62. The fourth-order valence-electron chi connectivity index (χ4n) is 2.52. The van der Waals surface area contributed by atoms with E-state index in [9.17, 15) is 4.79 Å². The third kappa shape index (κ3) is 5.63. The van der Waals surface area contributed by atoms with E-state index in [0.717, 1.165) is 16.9 Å². The first-order valence-electron chi connectivity index (χ1n) is 8.73. The van der Waals surface area contributed by atoms with Crippen molar-refractivity contribution in [3.8, 4) is 11.5 Å². The number of hydrogen-bond acceptors (Lipinski definition) is 3. The molecule has 0 aliphatic heterocycles. The van der Waals surface area contributed by atoms with E-state index in [4.69, 9.17) is 21.1 Å². The molecule has 3 aromatic rings. The van der Waals surface area contributed by atoms with E-state index in [1.165, 1.54) is 6.08 Å². The topological polar surface area (TPSA) is 47.6 Å². The van der Waals surface area contributed by atoms with Crippen molar-refractivity contribution >= 4 is 29.3 Å². The first-order chi connectivity index (χ1) is 13.6. The number of carbonyl (C=O) groups excluding carboxylic acids is 1. The minimum Gasteiger partial charge on any atom is -0.495 e. The van der Waals surface area contributed by atoms with Gasteiger partial charge >= 0.3 is 0 Å². The van der Waals surface area contributed by atoms with Crippen LogP contribution in [0.2, 0.25) is 5.02 Å². The lowest BCUT2D eigenvalue weighted by atomic mass is 10.2. The van der Waals surface area contributed by atoms with Crippen molar-refractivity contribution in [3.63, 3.8) is 0 Å². The maximum absolute atomic E-state index is 12.1. The van der Waals surface area contributed by atoms with Crippen molar-refractivity contribution in [1.82, 2.24) is 0 Å². The summed E-state index contributed by atoms with van der Waals surface area (Å²) in [5.74, 6) is 1.09. The van der Waals surface area contributed by atoms with Gasteiger partial charge in [-0.15, -0.1) is 0 Å². The van der Waals surface area contributed by atoms with Gasteiger partial charge in [-0.25, -0.2) is 0 Å². The smallest absolute Gasteiger partial charge is 0.248 e. The molecule has 0 aromatic heterocycles. The zero-order valence-electron chi connectivity index (χ0n) is 15.4. The highest BCUT2D eigenvalue weighted by atomic mass is 35.5.